The Hall–Kier alpha value is -1.95. The molecule has 1 N–H and O–H groups in total. The monoisotopic (exact) mass is 325 g/mol. The molecular formula is C13H9BrFNO3. The predicted octanol–water partition coefficient (Wildman–Crippen LogP) is 2.50. The van der Waals surface area contributed by atoms with Gasteiger partial charge < -0.3 is 9.67 Å². The maximum absolute atomic E-state index is 13.6. The molecule has 0 aliphatic carbocycles. The molecule has 98 valence electrons. The Labute approximate surface area is 116 Å². The van der Waals surface area contributed by atoms with Gasteiger partial charge in [0.1, 0.15) is 5.82 Å². The number of aromatic carboxylic acids is 1. The summed E-state index contributed by atoms with van der Waals surface area (Å²) in [5.74, 6) is -1.59. The third-order valence-electron chi connectivity index (χ3n) is 2.60. The minimum atomic E-state index is -1.17. The fraction of sp³-hybridized carbons (Fsp3) is 0.0769. The summed E-state index contributed by atoms with van der Waals surface area (Å²) in [4.78, 5) is 22.4. The molecule has 0 bridgehead atoms. The predicted molar refractivity (Wildman–Crippen MR) is 70.9 cm³/mol. The summed E-state index contributed by atoms with van der Waals surface area (Å²) in [5.41, 5.74) is -0.215. The lowest BCUT2D eigenvalue weighted by Gasteiger charge is -2.07. The highest BCUT2D eigenvalue weighted by Gasteiger charge is 2.08. The minimum absolute atomic E-state index is 0.0534. The van der Waals surface area contributed by atoms with Crippen molar-refractivity contribution >= 4 is 21.9 Å². The summed E-state index contributed by atoms with van der Waals surface area (Å²) in [6.45, 7) is 0.0534. The minimum Gasteiger partial charge on any atom is -0.478 e. The lowest BCUT2D eigenvalue weighted by atomic mass is 10.2. The third kappa shape index (κ3) is 3.08. The second-order valence-corrected chi connectivity index (χ2v) is 4.84. The molecule has 0 saturated heterocycles. The standard InChI is InChI=1S/C13H9BrFNO3/c14-10-2-1-9(11(15)6-10)7-16-4-3-8(13(18)19)5-12(16)17/h1-6H,7H2,(H,18,19). The Morgan fingerprint density at radius 1 is 1.32 bits per heavy atom. The molecule has 0 aliphatic heterocycles. The van der Waals surface area contributed by atoms with Crippen LogP contribution in [-0.2, 0) is 6.54 Å². The first-order valence-corrected chi connectivity index (χ1v) is 6.14. The highest BCUT2D eigenvalue weighted by molar-refractivity contribution is 9.10. The van der Waals surface area contributed by atoms with Crippen LogP contribution in [0, 0.1) is 5.82 Å². The fourth-order valence-corrected chi connectivity index (χ4v) is 1.94. The Bertz CT molecular complexity index is 697. The average molecular weight is 326 g/mol. The summed E-state index contributed by atoms with van der Waals surface area (Å²) in [6.07, 6.45) is 1.34. The Kier molecular flexibility index (Phi) is 3.80. The number of aromatic nitrogens is 1. The maximum atomic E-state index is 13.6. The molecule has 0 saturated carbocycles. The molecule has 1 heterocycles. The van der Waals surface area contributed by atoms with Gasteiger partial charge in [-0.1, -0.05) is 22.0 Å². The van der Waals surface area contributed by atoms with E-state index in [-0.39, 0.29) is 12.1 Å². The van der Waals surface area contributed by atoms with Gasteiger partial charge in [0.2, 0.25) is 0 Å². The van der Waals surface area contributed by atoms with Gasteiger partial charge >= 0.3 is 5.97 Å². The quantitative estimate of drug-likeness (QED) is 0.943. The zero-order valence-electron chi connectivity index (χ0n) is 9.64. The van der Waals surface area contributed by atoms with Crippen LogP contribution >= 0.6 is 15.9 Å². The van der Waals surface area contributed by atoms with Crippen molar-refractivity contribution in [1.82, 2.24) is 4.57 Å². The summed E-state index contributed by atoms with van der Waals surface area (Å²) < 4.78 is 15.5. The second kappa shape index (κ2) is 5.36. The molecule has 0 radical (unpaired) electrons. The van der Waals surface area contributed by atoms with Gasteiger partial charge in [0.05, 0.1) is 12.1 Å². The van der Waals surface area contributed by atoms with E-state index in [1.54, 1.807) is 12.1 Å². The van der Waals surface area contributed by atoms with E-state index in [0.717, 1.165) is 6.07 Å². The highest BCUT2D eigenvalue weighted by atomic mass is 79.9. The van der Waals surface area contributed by atoms with E-state index in [2.05, 4.69) is 15.9 Å². The summed E-state index contributed by atoms with van der Waals surface area (Å²) in [6, 6.07) is 6.87. The molecule has 19 heavy (non-hydrogen) atoms. The number of nitrogens with zero attached hydrogens (tertiary/aromatic N) is 1. The van der Waals surface area contributed by atoms with Gasteiger partial charge in [-0.15, -0.1) is 0 Å². The lowest BCUT2D eigenvalue weighted by Crippen LogP contribution is -2.21. The van der Waals surface area contributed by atoms with Crippen LogP contribution in [0.2, 0.25) is 0 Å². The van der Waals surface area contributed by atoms with E-state index in [4.69, 9.17) is 5.11 Å². The molecule has 6 heteroatoms. The van der Waals surface area contributed by atoms with Crippen LogP contribution in [0.4, 0.5) is 4.39 Å². The smallest absolute Gasteiger partial charge is 0.335 e. The number of benzene rings is 1. The molecule has 0 unspecified atom stereocenters. The number of halogens is 2. The van der Waals surface area contributed by atoms with Crippen LogP contribution in [0.15, 0.2) is 45.8 Å². The number of carboxylic acid groups (broad SMARTS) is 1. The topological polar surface area (TPSA) is 59.3 Å². The Balaban J connectivity index is 2.34. The van der Waals surface area contributed by atoms with Crippen LogP contribution < -0.4 is 5.56 Å². The molecule has 1 aromatic carbocycles. The van der Waals surface area contributed by atoms with Crippen LogP contribution in [0.5, 0.6) is 0 Å². The number of carboxylic acids is 1. The van der Waals surface area contributed by atoms with Crippen molar-refractivity contribution in [3.8, 4) is 0 Å². The molecule has 0 fully saturated rings. The summed E-state index contributed by atoms with van der Waals surface area (Å²) >= 11 is 3.15. The van der Waals surface area contributed by atoms with Crippen molar-refractivity contribution in [2.75, 3.05) is 0 Å². The van der Waals surface area contributed by atoms with Crippen molar-refractivity contribution in [2.45, 2.75) is 6.54 Å². The van der Waals surface area contributed by atoms with E-state index >= 15 is 0 Å². The van der Waals surface area contributed by atoms with Crippen molar-refractivity contribution in [3.63, 3.8) is 0 Å². The van der Waals surface area contributed by atoms with E-state index in [0.29, 0.717) is 10.0 Å². The molecule has 0 atom stereocenters. The van der Waals surface area contributed by atoms with Gasteiger partial charge in [0, 0.05) is 22.3 Å². The number of rotatable bonds is 3. The van der Waals surface area contributed by atoms with Crippen LogP contribution in [0.3, 0.4) is 0 Å². The number of hydrogen-bond acceptors (Lipinski definition) is 2. The zero-order chi connectivity index (χ0) is 14.0. The molecule has 0 amide bonds. The van der Waals surface area contributed by atoms with Crippen LogP contribution in [0.25, 0.3) is 0 Å². The van der Waals surface area contributed by atoms with Crippen LogP contribution in [0.1, 0.15) is 15.9 Å². The summed E-state index contributed by atoms with van der Waals surface area (Å²) in [7, 11) is 0. The first-order chi connectivity index (χ1) is 8.97. The summed E-state index contributed by atoms with van der Waals surface area (Å²) in [5, 5.41) is 8.75. The molecular weight excluding hydrogens is 317 g/mol. The first-order valence-electron chi connectivity index (χ1n) is 5.35. The van der Waals surface area contributed by atoms with Gasteiger partial charge in [-0.2, -0.15) is 0 Å². The Morgan fingerprint density at radius 2 is 2.05 bits per heavy atom. The van der Waals surface area contributed by atoms with E-state index in [1.165, 1.54) is 22.9 Å². The molecule has 2 rings (SSSR count). The van der Waals surface area contributed by atoms with E-state index < -0.39 is 17.3 Å². The van der Waals surface area contributed by atoms with Crippen molar-refractivity contribution in [1.29, 1.82) is 0 Å². The first kappa shape index (κ1) is 13.5. The largest absolute Gasteiger partial charge is 0.478 e. The number of pyridine rings is 1. The van der Waals surface area contributed by atoms with Crippen LogP contribution in [-0.4, -0.2) is 15.6 Å². The lowest BCUT2D eigenvalue weighted by molar-refractivity contribution is 0.0696. The van der Waals surface area contributed by atoms with Crippen molar-refractivity contribution in [3.05, 3.63) is 68.3 Å². The van der Waals surface area contributed by atoms with Crippen molar-refractivity contribution < 1.29 is 14.3 Å². The Morgan fingerprint density at radius 3 is 2.63 bits per heavy atom. The van der Waals surface area contributed by atoms with Crippen molar-refractivity contribution in [2.24, 2.45) is 0 Å². The SMILES string of the molecule is O=C(O)c1ccn(Cc2ccc(Br)cc2F)c(=O)c1. The number of carbonyl (C=O) groups is 1. The van der Waals surface area contributed by atoms with E-state index in [1.807, 2.05) is 0 Å². The molecule has 4 nitrogen and oxygen atoms in total. The van der Waals surface area contributed by atoms with E-state index in [9.17, 15) is 14.0 Å². The molecule has 2 aromatic rings. The van der Waals surface area contributed by atoms with Gasteiger partial charge in [0.25, 0.3) is 5.56 Å². The fourth-order valence-electron chi connectivity index (χ4n) is 1.60. The van der Waals surface area contributed by atoms with Gasteiger partial charge in [0.15, 0.2) is 0 Å². The average Bonchev–Trinajstić information content (AvgIpc) is 2.34. The number of hydrogen-bond donors (Lipinski definition) is 1. The molecule has 1 aromatic heterocycles. The zero-order valence-corrected chi connectivity index (χ0v) is 11.2. The second-order valence-electron chi connectivity index (χ2n) is 3.92. The normalized spacial score (nSPS) is 10.4. The van der Waals surface area contributed by atoms with Gasteiger partial charge in [-0.3, -0.25) is 4.79 Å². The third-order valence-corrected chi connectivity index (χ3v) is 3.09. The van der Waals surface area contributed by atoms with Gasteiger partial charge in [-0.05, 0) is 18.2 Å². The molecule has 0 aliphatic rings. The molecule has 0 spiro atoms. The highest BCUT2D eigenvalue weighted by Crippen LogP contribution is 2.15. The maximum Gasteiger partial charge on any atom is 0.335 e. The van der Waals surface area contributed by atoms with Gasteiger partial charge in [-0.25, -0.2) is 9.18 Å².